The first-order chi connectivity index (χ1) is 11.0. The predicted molar refractivity (Wildman–Crippen MR) is 78.4 cm³/mol. The first kappa shape index (κ1) is 17.7. The molecule has 130 valence electrons. The number of halogens is 3. The normalized spacial score (nSPS) is 16.3. The zero-order valence-electron chi connectivity index (χ0n) is 12.6. The maximum atomic E-state index is 12.9. The average Bonchev–Trinajstić information content (AvgIpc) is 2.53. The number of hydrogen-bond acceptors (Lipinski definition) is 7. The summed E-state index contributed by atoms with van der Waals surface area (Å²) in [6.45, 7) is 3.96. The molecule has 2 rings (SSSR count). The van der Waals surface area contributed by atoms with E-state index < -0.39 is 11.9 Å². The highest BCUT2D eigenvalue weighted by atomic mass is 19.4. The summed E-state index contributed by atoms with van der Waals surface area (Å²) in [6, 6.07) is 0.878. The van der Waals surface area contributed by atoms with E-state index in [-0.39, 0.29) is 24.9 Å². The zero-order chi connectivity index (χ0) is 16.7. The maximum Gasteiger partial charge on any atom is 0.433 e. The number of nitrogens with one attached hydrogen (secondary N) is 2. The van der Waals surface area contributed by atoms with Crippen LogP contribution in [0.1, 0.15) is 5.69 Å². The molecule has 0 unspecified atom stereocenters. The van der Waals surface area contributed by atoms with Crippen LogP contribution in [0.3, 0.4) is 0 Å². The molecular weight excluding hydrogens is 315 g/mol. The van der Waals surface area contributed by atoms with Crippen molar-refractivity contribution in [2.24, 2.45) is 0 Å². The van der Waals surface area contributed by atoms with Crippen LogP contribution in [0.5, 0.6) is 0 Å². The van der Waals surface area contributed by atoms with Gasteiger partial charge >= 0.3 is 6.18 Å². The summed E-state index contributed by atoms with van der Waals surface area (Å²) < 4.78 is 43.8. The monoisotopic (exact) mass is 335 g/mol. The van der Waals surface area contributed by atoms with Crippen molar-refractivity contribution in [2.75, 3.05) is 63.2 Å². The molecule has 23 heavy (non-hydrogen) atoms. The fourth-order valence-electron chi connectivity index (χ4n) is 2.10. The van der Waals surface area contributed by atoms with E-state index >= 15 is 0 Å². The Bertz CT molecular complexity index is 495. The Morgan fingerprint density at radius 2 is 1.91 bits per heavy atom. The fourth-order valence-corrected chi connectivity index (χ4v) is 2.10. The number of morpholine rings is 1. The number of anilines is 2. The van der Waals surface area contributed by atoms with Gasteiger partial charge < -0.3 is 20.5 Å². The number of alkyl halides is 3. The predicted octanol–water partition coefficient (Wildman–Crippen LogP) is 0.644. The average molecular weight is 335 g/mol. The third kappa shape index (κ3) is 5.81. The number of aliphatic hydroxyl groups excluding tert-OH is 1. The lowest BCUT2D eigenvalue weighted by Gasteiger charge is -2.26. The van der Waals surface area contributed by atoms with E-state index in [1.165, 1.54) is 0 Å². The highest BCUT2D eigenvalue weighted by Crippen LogP contribution is 2.29. The lowest BCUT2D eigenvalue weighted by molar-refractivity contribution is -0.141. The molecule has 2 heterocycles. The lowest BCUT2D eigenvalue weighted by Crippen LogP contribution is -2.39. The van der Waals surface area contributed by atoms with Crippen molar-refractivity contribution in [3.05, 3.63) is 11.8 Å². The molecule has 0 aromatic carbocycles. The van der Waals surface area contributed by atoms with Gasteiger partial charge in [0, 0.05) is 38.8 Å². The number of hydrogen-bond donors (Lipinski definition) is 3. The number of rotatable bonds is 7. The summed E-state index contributed by atoms with van der Waals surface area (Å²) in [6.07, 6.45) is -4.56. The smallest absolute Gasteiger partial charge is 0.395 e. The third-order valence-corrected chi connectivity index (χ3v) is 3.25. The van der Waals surface area contributed by atoms with Crippen molar-refractivity contribution in [3.63, 3.8) is 0 Å². The van der Waals surface area contributed by atoms with Gasteiger partial charge in [0.25, 0.3) is 0 Å². The van der Waals surface area contributed by atoms with E-state index in [0.29, 0.717) is 26.3 Å². The Balaban J connectivity index is 1.97. The topological polar surface area (TPSA) is 82.5 Å². The molecule has 10 heteroatoms. The summed E-state index contributed by atoms with van der Waals surface area (Å²) in [7, 11) is 0. The van der Waals surface area contributed by atoms with Gasteiger partial charge in [-0.1, -0.05) is 0 Å². The molecule has 0 aliphatic carbocycles. The van der Waals surface area contributed by atoms with Crippen LogP contribution in [-0.4, -0.2) is 72.5 Å². The molecule has 0 bridgehead atoms. The molecule has 0 atom stereocenters. The van der Waals surface area contributed by atoms with E-state index in [1.807, 2.05) is 0 Å². The summed E-state index contributed by atoms with van der Waals surface area (Å²) in [5.74, 6) is -0.0660. The SMILES string of the molecule is OCCNc1nc(NCCN2CCOCC2)cc(C(F)(F)F)n1. The summed E-state index contributed by atoms with van der Waals surface area (Å²) in [4.78, 5) is 9.55. The van der Waals surface area contributed by atoms with E-state index in [1.54, 1.807) is 0 Å². The van der Waals surface area contributed by atoms with Crippen molar-refractivity contribution in [1.29, 1.82) is 0 Å². The van der Waals surface area contributed by atoms with E-state index in [2.05, 4.69) is 25.5 Å². The molecule has 0 amide bonds. The molecule has 1 saturated heterocycles. The van der Waals surface area contributed by atoms with Crippen LogP contribution in [0.4, 0.5) is 24.9 Å². The molecular formula is C13H20F3N5O2. The maximum absolute atomic E-state index is 12.9. The molecule has 0 radical (unpaired) electrons. The Morgan fingerprint density at radius 1 is 1.17 bits per heavy atom. The number of aliphatic hydroxyl groups is 1. The Hall–Kier alpha value is -1.65. The van der Waals surface area contributed by atoms with Crippen molar-refractivity contribution >= 4 is 11.8 Å². The van der Waals surface area contributed by atoms with Crippen molar-refractivity contribution in [3.8, 4) is 0 Å². The minimum atomic E-state index is -4.56. The largest absolute Gasteiger partial charge is 0.433 e. The Labute approximate surface area is 131 Å². The minimum Gasteiger partial charge on any atom is -0.395 e. The highest BCUT2D eigenvalue weighted by Gasteiger charge is 2.33. The first-order valence-corrected chi connectivity index (χ1v) is 7.34. The van der Waals surface area contributed by atoms with Gasteiger partial charge in [-0.25, -0.2) is 4.98 Å². The number of ether oxygens (including phenoxy) is 1. The molecule has 1 aliphatic rings. The van der Waals surface area contributed by atoms with Crippen LogP contribution >= 0.6 is 0 Å². The summed E-state index contributed by atoms with van der Waals surface area (Å²) >= 11 is 0. The first-order valence-electron chi connectivity index (χ1n) is 7.34. The molecule has 3 N–H and O–H groups in total. The van der Waals surface area contributed by atoms with Gasteiger partial charge in [-0.3, -0.25) is 4.90 Å². The second-order valence-electron chi connectivity index (χ2n) is 4.99. The van der Waals surface area contributed by atoms with E-state index in [0.717, 1.165) is 19.2 Å². The molecule has 0 spiro atoms. The fraction of sp³-hybridized carbons (Fsp3) is 0.692. The minimum absolute atomic E-state index is 0.0779. The molecule has 1 aromatic heterocycles. The molecule has 1 aromatic rings. The quantitative estimate of drug-likeness (QED) is 0.675. The number of nitrogens with zero attached hydrogens (tertiary/aromatic N) is 3. The number of aromatic nitrogens is 2. The highest BCUT2D eigenvalue weighted by molar-refractivity contribution is 5.43. The van der Waals surface area contributed by atoms with Gasteiger partial charge in [0.1, 0.15) is 5.82 Å². The van der Waals surface area contributed by atoms with Crippen LogP contribution < -0.4 is 10.6 Å². The lowest BCUT2D eigenvalue weighted by atomic mass is 10.3. The van der Waals surface area contributed by atoms with Gasteiger partial charge in [-0.15, -0.1) is 0 Å². The molecule has 7 nitrogen and oxygen atoms in total. The molecule has 0 saturated carbocycles. The van der Waals surface area contributed by atoms with E-state index in [4.69, 9.17) is 9.84 Å². The van der Waals surface area contributed by atoms with Crippen molar-refractivity contribution < 1.29 is 23.0 Å². The van der Waals surface area contributed by atoms with Gasteiger partial charge in [0.15, 0.2) is 5.69 Å². The van der Waals surface area contributed by atoms with Crippen LogP contribution in [0, 0.1) is 0 Å². The standard InChI is InChI=1S/C13H20F3N5O2/c14-13(15,16)10-9-11(20-12(19-10)18-2-6-22)17-1-3-21-4-7-23-8-5-21/h9,22H,1-8H2,(H2,17,18,19,20). The summed E-state index contributed by atoms with van der Waals surface area (Å²) in [5, 5.41) is 14.2. The second kappa shape index (κ2) is 8.27. The van der Waals surface area contributed by atoms with Crippen molar-refractivity contribution in [1.82, 2.24) is 14.9 Å². The Morgan fingerprint density at radius 3 is 2.57 bits per heavy atom. The second-order valence-corrected chi connectivity index (χ2v) is 4.99. The van der Waals surface area contributed by atoms with Crippen LogP contribution in [0.25, 0.3) is 0 Å². The Kier molecular flexibility index (Phi) is 6.37. The molecule has 1 fully saturated rings. The third-order valence-electron chi connectivity index (χ3n) is 3.25. The van der Waals surface area contributed by atoms with Crippen LogP contribution in [0.2, 0.25) is 0 Å². The van der Waals surface area contributed by atoms with Gasteiger partial charge in [-0.05, 0) is 0 Å². The van der Waals surface area contributed by atoms with Gasteiger partial charge in [-0.2, -0.15) is 18.2 Å². The van der Waals surface area contributed by atoms with Gasteiger partial charge in [0.2, 0.25) is 5.95 Å². The summed E-state index contributed by atoms with van der Waals surface area (Å²) in [5.41, 5.74) is -1.03. The zero-order valence-corrected chi connectivity index (χ0v) is 12.6. The van der Waals surface area contributed by atoms with Crippen molar-refractivity contribution in [2.45, 2.75) is 6.18 Å². The van der Waals surface area contributed by atoms with E-state index in [9.17, 15) is 13.2 Å². The van der Waals surface area contributed by atoms with Crippen LogP contribution in [0.15, 0.2) is 6.07 Å². The van der Waals surface area contributed by atoms with Crippen LogP contribution in [-0.2, 0) is 10.9 Å². The molecule has 1 aliphatic heterocycles. The van der Waals surface area contributed by atoms with Gasteiger partial charge in [0.05, 0.1) is 19.8 Å².